The van der Waals surface area contributed by atoms with E-state index in [4.69, 9.17) is 0 Å². The normalized spacial score (nSPS) is 25.8. The van der Waals surface area contributed by atoms with Crippen molar-refractivity contribution < 1.29 is 28.2 Å². The summed E-state index contributed by atoms with van der Waals surface area (Å²) in [7, 11) is 0. The van der Waals surface area contributed by atoms with Gasteiger partial charge in [-0.25, -0.2) is 4.79 Å². The zero-order valence-corrected chi connectivity index (χ0v) is 14.5. The van der Waals surface area contributed by atoms with E-state index in [-0.39, 0.29) is 24.2 Å². The zero-order chi connectivity index (χ0) is 18.9. The molecule has 1 aromatic rings. The van der Waals surface area contributed by atoms with E-state index in [2.05, 4.69) is 10.1 Å². The van der Waals surface area contributed by atoms with Crippen LogP contribution in [0.15, 0.2) is 24.3 Å². The number of carboxylic acid groups (broad SMARTS) is 1. The number of carboxylic acids is 1. The Hall–Kier alpha value is -2.38. The minimum atomic E-state index is -2.91. The van der Waals surface area contributed by atoms with Crippen LogP contribution in [-0.2, 0) is 4.79 Å². The van der Waals surface area contributed by atoms with Crippen LogP contribution in [0.2, 0.25) is 0 Å². The summed E-state index contributed by atoms with van der Waals surface area (Å²) >= 11 is 0. The largest absolute Gasteiger partial charge is 0.481 e. The number of hydrogen-bond acceptors (Lipinski definition) is 3. The highest BCUT2D eigenvalue weighted by Gasteiger charge is 2.55. The minimum absolute atomic E-state index is 0.0103. The molecule has 26 heavy (non-hydrogen) atoms. The molecule has 1 heterocycles. The van der Waals surface area contributed by atoms with Gasteiger partial charge in [0.1, 0.15) is 5.75 Å². The number of aliphatic carboxylic acids is 1. The van der Waals surface area contributed by atoms with Gasteiger partial charge >= 0.3 is 18.6 Å². The van der Waals surface area contributed by atoms with Crippen molar-refractivity contribution in [2.24, 2.45) is 11.3 Å². The van der Waals surface area contributed by atoms with E-state index in [1.54, 1.807) is 24.0 Å². The Morgan fingerprint density at radius 2 is 2.19 bits per heavy atom. The lowest BCUT2D eigenvalue weighted by Gasteiger charge is -2.24. The Morgan fingerprint density at radius 3 is 2.85 bits per heavy atom. The number of rotatable bonds is 5. The second-order valence-corrected chi connectivity index (χ2v) is 7.05. The average molecular weight is 368 g/mol. The maximum Gasteiger partial charge on any atom is 0.387 e. The van der Waals surface area contributed by atoms with E-state index >= 15 is 0 Å². The first-order chi connectivity index (χ1) is 12.3. The standard InChI is InChI=1S/C18H22F2N2O4/c1-11(12-4-2-6-14(8-12)26-16(19)20)21-17(25)22-9-13-5-3-7-18(13,10-22)15(23)24/h2,4,6,8,11,13,16H,3,5,7,9-10H2,1H3,(H,21,25)(H,23,24)/t11?,13-,18+/m0/s1. The number of nitrogens with one attached hydrogen (secondary N) is 1. The fourth-order valence-electron chi connectivity index (χ4n) is 4.11. The molecule has 1 saturated carbocycles. The van der Waals surface area contributed by atoms with Crippen LogP contribution >= 0.6 is 0 Å². The summed E-state index contributed by atoms with van der Waals surface area (Å²) in [5, 5.41) is 12.4. The zero-order valence-electron chi connectivity index (χ0n) is 14.5. The molecule has 1 aliphatic heterocycles. The average Bonchev–Trinajstić information content (AvgIpc) is 3.12. The number of urea groups is 1. The maximum absolute atomic E-state index is 12.6. The Kier molecular flexibility index (Phi) is 5.02. The number of likely N-dealkylation sites (tertiary alicyclic amines) is 1. The van der Waals surface area contributed by atoms with Crippen molar-refractivity contribution in [3.8, 4) is 5.75 Å². The van der Waals surface area contributed by atoms with Gasteiger partial charge in [0.05, 0.1) is 11.5 Å². The van der Waals surface area contributed by atoms with E-state index in [0.29, 0.717) is 18.5 Å². The molecule has 6 nitrogen and oxygen atoms in total. The van der Waals surface area contributed by atoms with E-state index in [1.807, 2.05) is 0 Å². The first-order valence-corrected chi connectivity index (χ1v) is 8.65. The number of nitrogens with zero attached hydrogens (tertiary/aromatic N) is 1. The van der Waals surface area contributed by atoms with E-state index < -0.39 is 24.0 Å². The van der Waals surface area contributed by atoms with Gasteiger partial charge in [0.2, 0.25) is 0 Å². The third kappa shape index (κ3) is 3.45. The first kappa shape index (κ1) is 18.4. The molecule has 2 N–H and O–H groups in total. The Bertz CT molecular complexity index is 700. The number of ether oxygens (including phenoxy) is 1. The third-order valence-electron chi connectivity index (χ3n) is 5.51. The molecule has 8 heteroatoms. The molecule has 2 fully saturated rings. The molecule has 3 rings (SSSR count). The number of benzene rings is 1. The summed E-state index contributed by atoms with van der Waals surface area (Å²) in [5.74, 6) is -0.817. The fraction of sp³-hybridized carbons (Fsp3) is 0.556. The molecule has 1 saturated heterocycles. The van der Waals surface area contributed by atoms with Gasteiger partial charge in [-0.1, -0.05) is 18.6 Å². The number of halogens is 2. The monoisotopic (exact) mass is 368 g/mol. The number of carbonyl (C=O) groups is 2. The lowest BCUT2D eigenvalue weighted by atomic mass is 9.81. The van der Waals surface area contributed by atoms with Crippen LogP contribution in [0.3, 0.4) is 0 Å². The van der Waals surface area contributed by atoms with Gasteiger partial charge in [-0.2, -0.15) is 8.78 Å². The summed E-state index contributed by atoms with van der Waals surface area (Å²) in [5.41, 5.74) is -0.199. The van der Waals surface area contributed by atoms with Gasteiger partial charge in [0.25, 0.3) is 0 Å². The van der Waals surface area contributed by atoms with Crippen LogP contribution in [0.25, 0.3) is 0 Å². The Labute approximate surface area is 150 Å². The van der Waals surface area contributed by atoms with Crippen LogP contribution < -0.4 is 10.1 Å². The predicted octanol–water partition coefficient (Wildman–Crippen LogP) is 3.25. The molecule has 0 spiro atoms. The highest BCUT2D eigenvalue weighted by atomic mass is 19.3. The van der Waals surface area contributed by atoms with Gasteiger partial charge in [-0.15, -0.1) is 0 Å². The molecule has 142 valence electrons. The summed E-state index contributed by atoms with van der Waals surface area (Å²) in [4.78, 5) is 25.8. The van der Waals surface area contributed by atoms with E-state index in [9.17, 15) is 23.5 Å². The molecule has 2 aliphatic rings. The lowest BCUT2D eigenvalue weighted by Crippen LogP contribution is -2.42. The van der Waals surface area contributed by atoms with Crippen molar-refractivity contribution in [3.05, 3.63) is 29.8 Å². The second-order valence-electron chi connectivity index (χ2n) is 7.05. The van der Waals surface area contributed by atoms with Gasteiger partial charge in [0.15, 0.2) is 0 Å². The predicted molar refractivity (Wildman–Crippen MR) is 89.0 cm³/mol. The minimum Gasteiger partial charge on any atom is -0.481 e. The topological polar surface area (TPSA) is 78.9 Å². The molecular weight excluding hydrogens is 346 g/mol. The molecule has 1 unspecified atom stereocenters. The van der Waals surface area contributed by atoms with Crippen molar-refractivity contribution >= 4 is 12.0 Å². The maximum atomic E-state index is 12.6. The molecule has 1 aromatic carbocycles. The molecule has 0 radical (unpaired) electrons. The molecule has 0 bridgehead atoms. The second kappa shape index (κ2) is 7.09. The van der Waals surface area contributed by atoms with Gasteiger partial charge in [-0.05, 0) is 43.4 Å². The summed E-state index contributed by atoms with van der Waals surface area (Å²) in [6.45, 7) is -0.533. The summed E-state index contributed by atoms with van der Waals surface area (Å²) < 4.78 is 29.0. The van der Waals surface area contributed by atoms with Gasteiger partial charge in [0, 0.05) is 13.1 Å². The highest BCUT2D eigenvalue weighted by Crippen LogP contribution is 2.48. The molecule has 0 aromatic heterocycles. The van der Waals surface area contributed by atoms with Crippen molar-refractivity contribution in [1.82, 2.24) is 10.2 Å². The Balaban J connectivity index is 1.64. The number of hydrogen-bond donors (Lipinski definition) is 2. The molecule has 2 amide bonds. The fourth-order valence-corrected chi connectivity index (χ4v) is 4.11. The van der Waals surface area contributed by atoms with Crippen LogP contribution in [0, 0.1) is 11.3 Å². The van der Waals surface area contributed by atoms with Crippen LogP contribution in [0.5, 0.6) is 5.75 Å². The number of carbonyl (C=O) groups excluding carboxylic acids is 1. The SMILES string of the molecule is CC(NC(=O)N1C[C@@H]2CCC[C@@]2(C(=O)O)C1)c1cccc(OC(F)F)c1. The highest BCUT2D eigenvalue weighted by molar-refractivity contribution is 5.80. The van der Waals surface area contributed by atoms with Gasteiger partial charge < -0.3 is 20.1 Å². The smallest absolute Gasteiger partial charge is 0.387 e. The molecule has 1 aliphatic carbocycles. The van der Waals surface area contributed by atoms with Crippen LogP contribution in [0.1, 0.15) is 37.8 Å². The van der Waals surface area contributed by atoms with Crippen molar-refractivity contribution in [2.75, 3.05) is 13.1 Å². The third-order valence-corrected chi connectivity index (χ3v) is 5.51. The number of alkyl halides is 2. The summed E-state index contributed by atoms with van der Waals surface area (Å²) in [6, 6.07) is 5.39. The number of amides is 2. The van der Waals surface area contributed by atoms with Gasteiger partial charge in [-0.3, -0.25) is 4.79 Å². The molecule has 3 atom stereocenters. The Morgan fingerprint density at radius 1 is 1.42 bits per heavy atom. The van der Waals surface area contributed by atoms with Crippen molar-refractivity contribution in [1.29, 1.82) is 0 Å². The lowest BCUT2D eigenvalue weighted by molar-refractivity contribution is -0.149. The first-order valence-electron chi connectivity index (χ1n) is 8.65. The van der Waals surface area contributed by atoms with Crippen molar-refractivity contribution in [3.63, 3.8) is 0 Å². The van der Waals surface area contributed by atoms with Crippen LogP contribution in [0.4, 0.5) is 13.6 Å². The quantitative estimate of drug-likeness (QED) is 0.836. The summed E-state index contributed by atoms with van der Waals surface area (Å²) in [6.07, 6.45) is 2.29. The molecular formula is C18H22F2N2O4. The number of fused-ring (bicyclic) bond motifs is 1. The van der Waals surface area contributed by atoms with E-state index in [1.165, 1.54) is 12.1 Å². The van der Waals surface area contributed by atoms with E-state index in [0.717, 1.165) is 12.8 Å². The van der Waals surface area contributed by atoms with Crippen LogP contribution in [-0.4, -0.2) is 41.7 Å². The van der Waals surface area contributed by atoms with Crippen molar-refractivity contribution in [2.45, 2.75) is 38.8 Å².